The van der Waals surface area contributed by atoms with E-state index in [0.29, 0.717) is 6.04 Å². The average molecular weight is 402 g/mol. The van der Waals surface area contributed by atoms with Gasteiger partial charge in [-0.3, -0.25) is 0 Å². The lowest BCUT2D eigenvalue weighted by Gasteiger charge is -2.26. The maximum absolute atomic E-state index is 3.82. The summed E-state index contributed by atoms with van der Waals surface area (Å²) < 4.78 is 2.37. The largest absolute Gasteiger partial charge is 0.201 e. The van der Waals surface area contributed by atoms with Crippen LogP contribution in [0.25, 0.3) is 11.1 Å². The molecular formula is C28H37N2+. The van der Waals surface area contributed by atoms with Gasteiger partial charge < -0.3 is 0 Å². The van der Waals surface area contributed by atoms with E-state index in [1.807, 2.05) is 0 Å². The molecule has 0 fully saturated rings. The quantitative estimate of drug-likeness (QED) is 0.610. The van der Waals surface area contributed by atoms with E-state index >= 15 is 0 Å². The molecule has 0 aromatic heterocycles. The molecule has 158 valence electrons. The predicted molar refractivity (Wildman–Crippen MR) is 126 cm³/mol. The minimum absolute atomic E-state index is 0.220. The van der Waals surface area contributed by atoms with Gasteiger partial charge in [0.05, 0.1) is 6.04 Å². The van der Waals surface area contributed by atoms with Crippen molar-refractivity contribution in [3.05, 3.63) is 57.6 Å². The molecule has 0 spiro atoms. The zero-order chi connectivity index (χ0) is 20.9. The number of nitrogens with zero attached hydrogens (tertiary/aromatic N) is 1. The lowest BCUT2D eigenvalue weighted by atomic mass is 9.78. The average Bonchev–Trinajstić information content (AvgIpc) is 2.89. The molecule has 2 aromatic carbocycles. The number of hydrazine groups is 1. The maximum atomic E-state index is 3.82. The van der Waals surface area contributed by atoms with Crippen LogP contribution in [0, 0.1) is 5.41 Å². The zero-order valence-electron chi connectivity index (χ0n) is 19.3. The van der Waals surface area contributed by atoms with Crippen molar-refractivity contribution in [1.82, 2.24) is 5.43 Å². The molecule has 0 amide bonds. The van der Waals surface area contributed by atoms with E-state index in [2.05, 4.69) is 68.3 Å². The van der Waals surface area contributed by atoms with Crippen LogP contribution < -0.4 is 5.43 Å². The summed E-state index contributed by atoms with van der Waals surface area (Å²) >= 11 is 0. The highest BCUT2D eigenvalue weighted by Crippen LogP contribution is 2.42. The molecule has 2 aromatic rings. The van der Waals surface area contributed by atoms with Crippen LogP contribution in [0.3, 0.4) is 0 Å². The van der Waals surface area contributed by atoms with Crippen LogP contribution in [0.15, 0.2) is 24.3 Å². The van der Waals surface area contributed by atoms with Crippen LogP contribution in [-0.2, 0) is 32.2 Å². The van der Waals surface area contributed by atoms with Gasteiger partial charge in [-0.25, -0.2) is 0 Å². The van der Waals surface area contributed by atoms with E-state index in [9.17, 15) is 0 Å². The predicted octanol–water partition coefficient (Wildman–Crippen LogP) is 6.00. The smallest absolute Gasteiger partial charge is 0.195 e. The van der Waals surface area contributed by atoms with Gasteiger partial charge in [0.1, 0.15) is 0 Å². The van der Waals surface area contributed by atoms with Gasteiger partial charge in [0.25, 0.3) is 0 Å². The molecule has 1 heterocycles. The van der Waals surface area contributed by atoms with E-state index in [-0.39, 0.29) is 5.41 Å². The van der Waals surface area contributed by atoms with Crippen molar-refractivity contribution in [2.75, 3.05) is 0 Å². The first-order valence-corrected chi connectivity index (χ1v) is 12.1. The van der Waals surface area contributed by atoms with Crippen molar-refractivity contribution in [2.45, 2.75) is 91.6 Å². The van der Waals surface area contributed by atoms with Crippen molar-refractivity contribution in [3.63, 3.8) is 0 Å². The molecule has 1 N–H and O–H groups in total. The molecule has 0 saturated carbocycles. The second kappa shape index (κ2) is 7.55. The Balaban J connectivity index is 1.71. The molecule has 3 aliphatic rings. The summed E-state index contributed by atoms with van der Waals surface area (Å²) in [4.78, 5) is 0. The third kappa shape index (κ3) is 3.49. The van der Waals surface area contributed by atoms with Crippen LogP contribution in [-0.4, -0.2) is 16.9 Å². The summed E-state index contributed by atoms with van der Waals surface area (Å²) in [7, 11) is 0. The summed E-state index contributed by atoms with van der Waals surface area (Å²) in [5, 5.41) is 0. The Hall–Kier alpha value is -2.09. The Morgan fingerprint density at radius 2 is 1.33 bits per heavy atom. The van der Waals surface area contributed by atoms with Gasteiger partial charge in [-0.05, 0) is 103 Å². The molecule has 1 atom stereocenters. The van der Waals surface area contributed by atoms with Gasteiger partial charge in [-0.15, -0.1) is 4.68 Å². The molecule has 0 radical (unpaired) electrons. The van der Waals surface area contributed by atoms with E-state index in [1.54, 1.807) is 33.4 Å². The summed E-state index contributed by atoms with van der Waals surface area (Å²) in [5.41, 5.74) is 16.6. The van der Waals surface area contributed by atoms with Crippen LogP contribution in [0.1, 0.15) is 86.8 Å². The standard InChI is InChI=1S/C28H37N2/c1-19(28(2,3)4)29-30-17-22-15-13-20-9-5-7-11-24(20)26(22)27-23(18-30)16-14-21-10-6-8-12-25(21)27/h13-17,19,29H,5-12,18H2,1-4H3/q+1/t19-/m1/s1. The Morgan fingerprint density at radius 1 is 0.767 bits per heavy atom. The van der Waals surface area contributed by atoms with Gasteiger partial charge >= 0.3 is 0 Å². The SMILES string of the molecule is C[C@@H](N[N+]1=Cc2ccc3c(c2-c2c(ccc4c2CCCC4)C1)CCCC3)C(C)(C)C. The third-order valence-corrected chi connectivity index (χ3v) is 7.73. The van der Waals surface area contributed by atoms with E-state index < -0.39 is 0 Å². The summed E-state index contributed by atoms with van der Waals surface area (Å²) in [6, 6.07) is 10.1. The lowest BCUT2D eigenvalue weighted by Crippen LogP contribution is -2.44. The number of fused-ring (bicyclic) bond motifs is 7. The van der Waals surface area contributed by atoms with Crippen LogP contribution >= 0.6 is 0 Å². The van der Waals surface area contributed by atoms with Gasteiger partial charge in [0.15, 0.2) is 6.54 Å². The molecule has 30 heavy (non-hydrogen) atoms. The first kappa shape index (κ1) is 19.8. The second-order valence-corrected chi connectivity index (χ2v) is 10.8. The number of nitrogens with one attached hydrogen (secondary N) is 1. The number of benzene rings is 2. The highest BCUT2D eigenvalue weighted by Gasteiger charge is 2.30. The number of aryl methyl sites for hydroxylation is 2. The summed E-state index contributed by atoms with van der Waals surface area (Å²) in [6.07, 6.45) is 12.7. The minimum atomic E-state index is 0.220. The van der Waals surface area contributed by atoms with Gasteiger partial charge in [-0.2, -0.15) is 5.43 Å². The molecule has 2 nitrogen and oxygen atoms in total. The second-order valence-electron chi connectivity index (χ2n) is 10.8. The molecule has 0 bridgehead atoms. The normalized spacial score (nSPS) is 18.9. The minimum Gasteiger partial charge on any atom is -0.195 e. The van der Waals surface area contributed by atoms with E-state index in [0.717, 1.165) is 6.54 Å². The number of rotatable bonds is 2. The molecular weight excluding hydrogens is 364 g/mol. The van der Waals surface area contributed by atoms with Crippen LogP contribution in [0.5, 0.6) is 0 Å². The first-order valence-electron chi connectivity index (χ1n) is 12.1. The molecule has 1 aliphatic heterocycles. The Bertz CT molecular complexity index is 1010. The topological polar surface area (TPSA) is 15.0 Å². The van der Waals surface area contributed by atoms with Crippen molar-refractivity contribution in [2.24, 2.45) is 5.41 Å². The third-order valence-electron chi connectivity index (χ3n) is 7.73. The fourth-order valence-electron chi connectivity index (χ4n) is 5.49. The Labute approximate surface area is 182 Å². The van der Waals surface area contributed by atoms with Gasteiger partial charge in [0.2, 0.25) is 6.21 Å². The van der Waals surface area contributed by atoms with Crippen molar-refractivity contribution in [1.29, 1.82) is 0 Å². The highest BCUT2D eigenvalue weighted by atomic mass is 15.4. The van der Waals surface area contributed by atoms with Crippen LogP contribution in [0.4, 0.5) is 0 Å². The van der Waals surface area contributed by atoms with Crippen molar-refractivity contribution >= 4 is 6.21 Å². The fraction of sp³-hybridized carbons (Fsp3) is 0.536. The molecule has 0 unspecified atom stereocenters. The van der Waals surface area contributed by atoms with Gasteiger partial charge in [0, 0.05) is 11.1 Å². The van der Waals surface area contributed by atoms with Crippen molar-refractivity contribution in [3.8, 4) is 11.1 Å². The molecule has 2 heteroatoms. The maximum Gasteiger partial charge on any atom is 0.201 e. The summed E-state index contributed by atoms with van der Waals surface area (Å²) in [6.45, 7) is 10.2. The zero-order valence-corrected chi connectivity index (χ0v) is 19.3. The van der Waals surface area contributed by atoms with Gasteiger partial charge in [-0.1, -0.05) is 39.0 Å². The molecule has 5 rings (SSSR count). The molecule has 2 aliphatic carbocycles. The van der Waals surface area contributed by atoms with Crippen molar-refractivity contribution < 1.29 is 4.68 Å². The Morgan fingerprint density at radius 3 is 2.00 bits per heavy atom. The number of hydrazone groups is 1. The van der Waals surface area contributed by atoms with E-state index in [4.69, 9.17) is 0 Å². The number of hydrogen-bond acceptors (Lipinski definition) is 1. The summed E-state index contributed by atoms with van der Waals surface area (Å²) in [5.74, 6) is 0. The fourth-order valence-corrected chi connectivity index (χ4v) is 5.49. The highest BCUT2D eigenvalue weighted by molar-refractivity contribution is 5.93. The molecule has 0 saturated heterocycles. The number of hydrogen-bond donors (Lipinski definition) is 1. The monoisotopic (exact) mass is 401 g/mol. The van der Waals surface area contributed by atoms with Crippen LogP contribution in [0.2, 0.25) is 0 Å². The Kier molecular flexibility index (Phi) is 5.00. The lowest BCUT2D eigenvalue weighted by molar-refractivity contribution is -0.605. The van der Waals surface area contributed by atoms with E-state index in [1.165, 1.54) is 62.5 Å². The first-order chi connectivity index (χ1) is 14.4.